The summed E-state index contributed by atoms with van der Waals surface area (Å²) in [7, 11) is -3.48. The van der Waals surface area contributed by atoms with Gasteiger partial charge >= 0.3 is 0 Å². The summed E-state index contributed by atoms with van der Waals surface area (Å²) in [6.45, 7) is 6.60. The molecule has 1 atom stereocenters. The van der Waals surface area contributed by atoms with E-state index >= 15 is 0 Å². The Hall–Kier alpha value is -0.670. The van der Waals surface area contributed by atoms with E-state index in [-0.39, 0.29) is 17.7 Å². The molecule has 0 radical (unpaired) electrons. The van der Waals surface area contributed by atoms with Crippen molar-refractivity contribution >= 4 is 38.9 Å². The maximum atomic E-state index is 13.1. The topological polar surface area (TPSA) is 60.9 Å². The highest BCUT2D eigenvalue weighted by Crippen LogP contribution is 2.33. The second kappa shape index (κ2) is 10.1. The van der Waals surface area contributed by atoms with Crippen molar-refractivity contribution < 1.29 is 13.2 Å². The van der Waals surface area contributed by atoms with Crippen LogP contribution in [0.1, 0.15) is 51.9 Å². The first-order valence-electron chi connectivity index (χ1n) is 11.6. The molecular formula is C22H34ClN3O3S2. The largest absolute Gasteiger partial charge is 0.340 e. The van der Waals surface area contributed by atoms with Crippen LogP contribution < -0.4 is 0 Å². The molecule has 4 rings (SSSR count). The molecule has 1 saturated carbocycles. The van der Waals surface area contributed by atoms with Gasteiger partial charge in [0, 0.05) is 51.2 Å². The molecule has 2 saturated heterocycles. The highest BCUT2D eigenvalue weighted by atomic mass is 35.5. The van der Waals surface area contributed by atoms with E-state index in [2.05, 4.69) is 4.90 Å². The van der Waals surface area contributed by atoms with E-state index in [9.17, 15) is 13.2 Å². The SMILES string of the molecule is C[C@H](C(=O)N1CCN(C2CCCCC2)CC1)C1CCN(S(=O)(=O)c2ccc(Cl)s2)CC1. The van der Waals surface area contributed by atoms with Gasteiger partial charge in [-0.05, 0) is 43.7 Å². The standard InChI is InChI=1S/C22H34ClN3O3S2/c1-17(22(27)25-15-13-24(14-16-25)19-5-3-2-4-6-19)18-9-11-26(12-10-18)31(28,29)21-8-7-20(23)30-21/h7-8,17-19H,2-6,9-16H2,1H3/t17-/m0/s1. The monoisotopic (exact) mass is 487 g/mol. The molecule has 3 aliphatic rings. The van der Waals surface area contributed by atoms with E-state index in [1.165, 1.54) is 32.1 Å². The lowest BCUT2D eigenvalue weighted by Crippen LogP contribution is -2.54. The van der Waals surface area contributed by atoms with Gasteiger partial charge in [0.2, 0.25) is 5.91 Å². The van der Waals surface area contributed by atoms with Crippen LogP contribution in [0, 0.1) is 11.8 Å². The average molecular weight is 488 g/mol. The van der Waals surface area contributed by atoms with Crippen LogP contribution >= 0.6 is 22.9 Å². The molecule has 0 spiro atoms. The molecule has 0 N–H and O–H groups in total. The third-order valence-corrected chi connectivity index (χ3v) is 11.1. The van der Waals surface area contributed by atoms with Crippen LogP contribution in [0.3, 0.4) is 0 Å². The molecule has 31 heavy (non-hydrogen) atoms. The molecular weight excluding hydrogens is 454 g/mol. The van der Waals surface area contributed by atoms with Crippen molar-refractivity contribution in [2.75, 3.05) is 39.3 Å². The molecule has 3 fully saturated rings. The fraction of sp³-hybridized carbons (Fsp3) is 0.773. The number of carbonyl (C=O) groups excluding carboxylic acids is 1. The first-order valence-corrected chi connectivity index (χ1v) is 14.3. The van der Waals surface area contributed by atoms with Crippen LogP contribution in [0.4, 0.5) is 0 Å². The smallest absolute Gasteiger partial charge is 0.252 e. The number of piperazine rings is 1. The Morgan fingerprint density at radius 2 is 1.65 bits per heavy atom. The molecule has 0 aromatic carbocycles. The highest BCUT2D eigenvalue weighted by Gasteiger charge is 2.36. The molecule has 2 aliphatic heterocycles. The molecule has 1 aromatic rings. The second-order valence-electron chi connectivity index (χ2n) is 9.24. The normalized spacial score (nSPS) is 24.4. The van der Waals surface area contributed by atoms with E-state index in [0.717, 1.165) is 50.4 Å². The molecule has 0 unspecified atom stereocenters. The van der Waals surface area contributed by atoms with Crippen molar-refractivity contribution in [1.82, 2.24) is 14.1 Å². The number of sulfonamides is 1. The predicted molar refractivity (Wildman–Crippen MR) is 125 cm³/mol. The zero-order chi connectivity index (χ0) is 22.0. The molecule has 3 heterocycles. The van der Waals surface area contributed by atoms with E-state index in [4.69, 9.17) is 11.6 Å². The Labute approximate surface area is 195 Å². The summed E-state index contributed by atoms with van der Waals surface area (Å²) in [5.41, 5.74) is 0. The van der Waals surface area contributed by atoms with Crippen LogP contribution in [0.15, 0.2) is 16.3 Å². The van der Waals surface area contributed by atoms with Gasteiger partial charge in [0.25, 0.3) is 10.0 Å². The second-order valence-corrected chi connectivity index (χ2v) is 13.1. The van der Waals surface area contributed by atoms with Gasteiger partial charge < -0.3 is 4.90 Å². The van der Waals surface area contributed by atoms with Gasteiger partial charge in [-0.25, -0.2) is 8.42 Å². The first kappa shape index (κ1) is 23.5. The maximum Gasteiger partial charge on any atom is 0.252 e. The number of thiophene rings is 1. The zero-order valence-corrected chi connectivity index (χ0v) is 20.7. The van der Waals surface area contributed by atoms with Crippen molar-refractivity contribution in [3.8, 4) is 0 Å². The lowest BCUT2D eigenvalue weighted by molar-refractivity contribution is -0.139. The Morgan fingerprint density at radius 3 is 2.23 bits per heavy atom. The molecule has 6 nitrogen and oxygen atoms in total. The molecule has 1 aromatic heterocycles. The van der Waals surface area contributed by atoms with Crippen molar-refractivity contribution in [2.24, 2.45) is 11.8 Å². The lowest BCUT2D eigenvalue weighted by atomic mass is 9.85. The average Bonchev–Trinajstić information content (AvgIpc) is 3.26. The van der Waals surface area contributed by atoms with Gasteiger partial charge in [0.15, 0.2) is 0 Å². The molecule has 174 valence electrons. The number of halogens is 1. The molecule has 1 aliphatic carbocycles. The summed E-state index contributed by atoms with van der Waals surface area (Å²) in [6, 6.07) is 3.92. The van der Waals surface area contributed by atoms with Crippen LogP contribution in [-0.2, 0) is 14.8 Å². The summed E-state index contributed by atoms with van der Waals surface area (Å²) in [6.07, 6.45) is 8.13. The summed E-state index contributed by atoms with van der Waals surface area (Å²) < 4.78 is 28.0. The van der Waals surface area contributed by atoms with Gasteiger partial charge in [-0.15, -0.1) is 11.3 Å². The summed E-state index contributed by atoms with van der Waals surface area (Å²) in [5.74, 6) is 0.430. The number of rotatable bonds is 5. The van der Waals surface area contributed by atoms with Gasteiger partial charge in [-0.1, -0.05) is 37.8 Å². The quantitative estimate of drug-likeness (QED) is 0.631. The number of carbonyl (C=O) groups is 1. The molecule has 9 heteroatoms. The minimum absolute atomic E-state index is 0.0535. The Balaban J connectivity index is 1.27. The Kier molecular flexibility index (Phi) is 7.64. The van der Waals surface area contributed by atoms with Gasteiger partial charge in [-0.2, -0.15) is 4.31 Å². The van der Waals surface area contributed by atoms with E-state index in [1.54, 1.807) is 16.4 Å². The van der Waals surface area contributed by atoms with E-state index < -0.39 is 10.0 Å². The lowest BCUT2D eigenvalue weighted by Gasteiger charge is -2.42. The maximum absolute atomic E-state index is 13.1. The third kappa shape index (κ3) is 5.29. The Bertz CT molecular complexity index is 853. The minimum Gasteiger partial charge on any atom is -0.340 e. The van der Waals surface area contributed by atoms with Gasteiger partial charge in [0.05, 0.1) is 4.34 Å². The first-order chi connectivity index (χ1) is 14.9. The number of nitrogens with zero attached hydrogens (tertiary/aromatic N) is 3. The third-order valence-electron chi connectivity index (χ3n) is 7.45. The number of piperidine rings is 1. The predicted octanol–water partition coefficient (Wildman–Crippen LogP) is 3.92. The fourth-order valence-electron chi connectivity index (χ4n) is 5.42. The van der Waals surface area contributed by atoms with Crippen LogP contribution in [0.2, 0.25) is 4.34 Å². The molecule has 1 amide bonds. The van der Waals surface area contributed by atoms with Gasteiger partial charge in [-0.3, -0.25) is 9.69 Å². The van der Waals surface area contributed by atoms with Gasteiger partial charge in [0.1, 0.15) is 4.21 Å². The summed E-state index contributed by atoms with van der Waals surface area (Å²) >= 11 is 7.02. The summed E-state index contributed by atoms with van der Waals surface area (Å²) in [5, 5.41) is 0. The Morgan fingerprint density at radius 1 is 1.00 bits per heavy atom. The van der Waals surface area contributed by atoms with Crippen LogP contribution in [0.5, 0.6) is 0 Å². The number of amides is 1. The number of hydrogen-bond acceptors (Lipinski definition) is 5. The number of hydrogen-bond donors (Lipinski definition) is 0. The highest BCUT2D eigenvalue weighted by molar-refractivity contribution is 7.91. The van der Waals surface area contributed by atoms with Crippen molar-refractivity contribution in [2.45, 2.75) is 62.1 Å². The fourth-order valence-corrected chi connectivity index (χ4v) is 8.53. The zero-order valence-electron chi connectivity index (χ0n) is 18.3. The van der Waals surface area contributed by atoms with Crippen LogP contribution in [-0.4, -0.2) is 73.7 Å². The van der Waals surface area contributed by atoms with Crippen molar-refractivity contribution in [1.29, 1.82) is 0 Å². The van der Waals surface area contributed by atoms with Crippen molar-refractivity contribution in [3.05, 3.63) is 16.5 Å². The van der Waals surface area contributed by atoms with E-state index in [1.807, 2.05) is 11.8 Å². The summed E-state index contributed by atoms with van der Waals surface area (Å²) in [4.78, 5) is 17.8. The molecule has 0 bridgehead atoms. The minimum atomic E-state index is -3.48. The van der Waals surface area contributed by atoms with Crippen molar-refractivity contribution in [3.63, 3.8) is 0 Å². The van der Waals surface area contributed by atoms with E-state index in [0.29, 0.717) is 27.7 Å². The van der Waals surface area contributed by atoms with Crippen LogP contribution in [0.25, 0.3) is 0 Å².